The summed E-state index contributed by atoms with van der Waals surface area (Å²) in [5.41, 5.74) is 0.959. The summed E-state index contributed by atoms with van der Waals surface area (Å²) >= 11 is 0. The maximum atomic E-state index is 13.1. The van der Waals surface area contributed by atoms with Crippen LogP contribution < -0.4 is 14.8 Å². The van der Waals surface area contributed by atoms with Crippen LogP contribution in [-0.4, -0.2) is 47.8 Å². The molecule has 0 bridgehead atoms. The summed E-state index contributed by atoms with van der Waals surface area (Å²) in [6.07, 6.45) is 7.32. The second kappa shape index (κ2) is 11.1. The average Bonchev–Trinajstić information content (AvgIpc) is 3.28. The van der Waals surface area contributed by atoms with Gasteiger partial charge in [-0.1, -0.05) is 18.2 Å². The van der Waals surface area contributed by atoms with Gasteiger partial charge in [-0.3, -0.25) is 0 Å². The van der Waals surface area contributed by atoms with Crippen molar-refractivity contribution in [3.8, 4) is 11.6 Å². The molecule has 0 spiro atoms. The number of piperidine rings is 1. The highest BCUT2D eigenvalue weighted by atomic mass is 19.1. The van der Waals surface area contributed by atoms with Crippen molar-refractivity contribution in [1.82, 2.24) is 15.2 Å². The topological polar surface area (TPSA) is 66.6 Å². The van der Waals surface area contributed by atoms with Crippen LogP contribution in [0.1, 0.15) is 44.9 Å². The molecular formula is C28H34FN3O3. The molecule has 0 radical (unpaired) electrons. The first-order valence-electron chi connectivity index (χ1n) is 12.8. The summed E-state index contributed by atoms with van der Waals surface area (Å²) in [6, 6.07) is 16.2. The van der Waals surface area contributed by atoms with E-state index in [-0.39, 0.29) is 24.1 Å². The molecule has 186 valence electrons. The molecule has 3 aromatic rings. The number of nitrogens with zero attached hydrogens (tertiary/aromatic N) is 1. The summed E-state index contributed by atoms with van der Waals surface area (Å²) in [5, 5.41) is 4.07. The summed E-state index contributed by atoms with van der Waals surface area (Å²) in [5.74, 6) is 1.71. The Balaban J connectivity index is 0.969. The quantitative estimate of drug-likeness (QED) is 0.444. The number of H-pyrrole nitrogens is 1. The van der Waals surface area contributed by atoms with E-state index < -0.39 is 0 Å². The molecule has 1 aliphatic carbocycles. The Morgan fingerprint density at radius 2 is 1.74 bits per heavy atom. The SMILES string of the molecule is O=C(NC1CCC(CCN2CCC(Oc3ccc(F)cc3)CC2)CC1)Oc1cc2ccccc2[nH]1. The number of ether oxygens (including phenoxy) is 2. The number of rotatable bonds is 7. The Morgan fingerprint density at radius 3 is 2.49 bits per heavy atom. The minimum atomic E-state index is -0.384. The van der Waals surface area contributed by atoms with Crippen LogP contribution in [0.25, 0.3) is 10.9 Å². The maximum Gasteiger partial charge on any atom is 0.414 e. The van der Waals surface area contributed by atoms with E-state index in [1.165, 1.54) is 18.6 Å². The van der Waals surface area contributed by atoms with E-state index in [1.54, 1.807) is 12.1 Å². The first-order chi connectivity index (χ1) is 17.1. The molecule has 1 aliphatic heterocycles. The lowest BCUT2D eigenvalue weighted by Gasteiger charge is -2.34. The molecule has 1 saturated heterocycles. The van der Waals surface area contributed by atoms with Gasteiger partial charge < -0.3 is 24.7 Å². The number of halogens is 1. The fraction of sp³-hybridized carbons (Fsp3) is 0.464. The fourth-order valence-corrected chi connectivity index (χ4v) is 5.31. The van der Waals surface area contributed by atoms with Gasteiger partial charge in [0.2, 0.25) is 5.88 Å². The second-order valence-electron chi connectivity index (χ2n) is 9.87. The van der Waals surface area contributed by atoms with E-state index in [0.717, 1.165) is 74.8 Å². The zero-order valence-corrected chi connectivity index (χ0v) is 20.0. The Kier molecular flexibility index (Phi) is 7.52. The van der Waals surface area contributed by atoms with Crippen molar-refractivity contribution in [2.24, 2.45) is 5.92 Å². The van der Waals surface area contributed by atoms with Crippen LogP contribution in [0.4, 0.5) is 9.18 Å². The molecule has 0 atom stereocenters. The molecule has 0 unspecified atom stereocenters. The van der Waals surface area contributed by atoms with Gasteiger partial charge in [0.1, 0.15) is 17.7 Å². The molecule has 2 N–H and O–H groups in total. The third kappa shape index (κ3) is 6.54. The Labute approximate surface area is 205 Å². The number of carbonyl (C=O) groups excluding carboxylic acids is 1. The van der Waals surface area contributed by atoms with Gasteiger partial charge in [0.25, 0.3) is 0 Å². The summed E-state index contributed by atoms with van der Waals surface area (Å²) in [4.78, 5) is 18.0. The molecule has 5 rings (SSSR count). The summed E-state index contributed by atoms with van der Waals surface area (Å²) < 4.78 is 24.5. The lowest BCUT2D eigenvalue weighted by Crippen LogP contribution is -2.41. The van der Waals surface area contributed by atoms with Crippen LogP contribution >= 0.6 is 0 Å². The number of hydrogen-bond acceptors (Lipinski definition) is 4. The molecule has 6 nitrogen and oxygen atoms in total. The van der Waals surface area contributed by atoms with E-state index in [9.17, 15) is 9.18 Å². The molecule has 1 aromatic heterocycles. The number of hydrogen-bond donors (Lipinski definition) is 2. The number of likely N-dealkylation sites (tertiary alicyclic amines) is 1. The number of aromatic nitrogens is 1. The van der Waals surface area contributed by atoms with Gasteiger partial charge in [0.05, 0.1) is 0 Å². The van der Waals surface area contributed by atoms with Gasteiger partial charge in [-0.15, -0.1) is 0 Å². The highest BCUT2D eigenvalue weighted by Crippen LogP contribution is 2.28. The monoisotopic (exact) mass is 479 g/mol. The molecule has 2 aliphatic rings. The first-order valence-corrected chi connectivity index (χ1v) is 12.8. The van der Waals surface area contributed by atoms with E-state index >= 15 is 0 Å². The average molecular weight is 480 g/mol. The fourth-order valence-electron chi connectivity index (χ4n) is 5.31. The van der Waals surface area contributed by atoms with Crippen LogP contribution in [0.15, 0.2) is 54.6 Å². The predicted octanol–water partition coefficient (Wildman–Crippen LogP) is 5.89. The molecule has 7 heteroatoms. The Bertz CT molecular complexity index is 1070. The zero-order chi connectivity index (χ0) is 24.0. The number of amides is 1. The van der Waals surface area contributed by atoms with Crippen molar-refractivity contribution >= 4 is 17.0 Å². The predicted molar refractivity (Wildman–Crippen MR) is 134 cm³/mol. The van der Waals surface area contributed by atoms with Gasteiger partial charge >= 0.3 is 6.09 Å². The van der Waals surface area contributed by atoms with Crippen LogP contribution in [-0.2, 0) is 0 Å². The van der Waals surface area contributed by atoms with Gasteiger partial charge in [-0.25, -0.2) is 9.18 Å². The summed E-state index contributed by atoms with van der Waals surface area (Å²) in [7, 11) is 0. The number of aromatic amines is 1. The minimum absolute atomic E-state index is 0.183. The number of nitrogens with one attached hydrogen (secondary N) is 2. The van der Waals surface area contributed by atoms with E-state index in [1.807, 2.05) is 30.3 Å². The van der Waals surface area contributed by atoms with Crippen LogP contribution in [0, 0.1) is 11.7 Å². The van der Waals surface area contributed by atoms with Crippen molar-refractivity contribution < 1.29 is 18.7 Å². The lowest BCUT2D eigenvalue weighted by atomic mass is 9.84. The molecule has 2 heterocycles. The van der Waals surface area contributed by atoms with Crippen LogP contribution in [0.2, 0.25) is 0 Å². The molecule has 1 saturated carbocycles. The molecular weight excluding hydrogens is 445 g/mol. The van der Waals surface area contributed by atoms with E-state index in [2.05, 4.69) is 15.2 Å². The van der Waals surface area contributed by atoms with Crippen molar-refractivity contribution in [1.29, 1.82) is 0 Å². The Morgan fingerprint density at radius 1 is 1.00 bits per heavy atom. The molecule has 1 amide bonds. The van der Waals surface area contributed by atoms with Crippen LogP contribution in [0.3, 0.4) is 0 Å². The third-order valence-corrected chi connectivity index (χ3v) is 7.38. The van der Waals surface area contributed by atoms with Crippen LogP contribution in [0.5, 0.6) is 11.6 Å². The molecule has 2 fully saturated rings. The largest absolute Gasteiger partial charge is 0.490 e. The Hall–Kier alpha value is -3.06. The number of benzene rings is 2. The lowest BCUT2D eigenvalue weighted by molar-refractivity contribution is 0.0948. The maximum absolute atomic E-state index is 13.1. The van der Waals surface area contributed by atoms with Gasteiger partial charge in [0.15, 0.2) is 0 Å². The van der Waals surface area contributed by atoms with E-state index in [4.69, 9.17) is 9.47 Å². The van der Waals surface area contributed by atoms with Crippen molar-refractivity contribution in [3.63, 3.8) is 0 Å². The first kappa shape index (κ1) is 23.7. The third-order valence-electron chi connectivity index (χ3n) is 7.38. The minimum Gasteiger partial charge on any atom is -0.490 e. The normalized spacial score (nSPS) is 21.6. The smallest absolute Gasteiger partial charge is 0.414 e. The van der Waals surface area contributed by atoms with Crippen molar-refractivity contribution in [2.75, 3.05) is 19.6 Å². The molecule has 35 heavy (non-hydrogen) atoms. The second-order valence-corrected chi connectivity index (χ2v) is 9.87. The van der Waals surface area contributed by atoms with Gasteiger partial charge in [-0.2, -0.15) is 0 Å². The van der Waals surface area contributed by atoms with Crippen molar-refractivity contribution in [3.05, 3.63) is 60.4 Å². The highest BCUT2D eigenvalue weighted by molar-refractivity contribution is 5.82. The highest BCUT2D eigenvalue weighted by Gasteiger charge is 2.25. The number of carbonyl (C=O) groups is 1. The van der Waals surface area contributed by atoms with Crippen molar-refractivity contribution in [2.45, 2.75) is 57.1 Å². The van der Waals surface area contributed by atoms with E-state index in [0.29, 0.717) is 11.8 Å². The number of para-hydroxylation sites is 1. The summed E-state index contributed by atoms with van der Waals surface area (Å²) in [6.45, 7) is 3.21. The number of fused-ring (bicyclic) bond motifs is 1. The van der Waals surface area contributed by atoms with Gasteiger partial charge in [0, 0.05) is 36.1 Å². The standard InChI is InChI=1S/C28H34FN3O3/c29-22-7-11-24(12-8-22)34-25-14-17-32(18-15-25)16-13-20-5-9-23(10-6-20)30-28(33)35-27-19-21-3-1-2-4-26(21)31-27/h1-4,7-8,11-12,19-20,23,25,31H,5-6,9-10,13-18H2,(H,30,33). The zero-order valence-electron chi connectivity index (χ0n) is 20.0. The van der Waals surface area contributed by atoms with Gasteiger partial charge in [-0.05, 0) is 87.7 Å². The molecule has 2 aromatic carbocycles.